The van der Waals surface area contributed by atoms with Crippen LogP contribution in [0.1, 0.15) is 33.5 Å². The van der Waals surface area contributed by atoms with E-state index >= 15 is 0 Å². The maximum absolute atomic E-state index is 12.7. The number of amides is 1. The van der Waals surface area contributed by atoms with E-state index in [1.807, 2.05) is 31.2 Å². The van der Waals surface area contributed by atoms with E-state index < -0.39 is 5.97 Å². The molecule has 0 saturated heterocycles. The van der Waals surface area contributed by atoms with Crippen LogP contribution in [-0.2, 0) is 13.5 Å². The maximum atomic E-state index is 12.7. The number of rotatable bonds is 2. The zero-order chi connectivity index (χ0) is 15.1. The van der Waals surface area contributed by atoms with Gasteiger partial charge in [0.15, 0.2) is 5.69 Å². The fraction of sp³-hybridized carbons (Fsp3) is 0.267. The monoisotopic (exact) mass is 285 g/mol. The van der Waals surface area contributed by atoms with Gasteiger partial charge in [-0.15, -0.1) is 0 Å². The van der Waals surface area contributed by atoms with Crippen LogP contribution in [0.15, 0.2) is 30.3 Å². The van der Waals surface area contributed by atoms with Crippen molar-refractivity contribution in [3.63, 3.8) is 0 Å². The molecule has 0 fully saturated rings. The minimum Gasteiger partial charge on any atom is -0.476 e. The van der Waals surface area contributed by atoms with Crippen LogP contribution in [0.4, 0.5) is 5.69 Å². The Labute approximate surface area is 121 Å². The smallest absolute Gasteiger partial charge is 0.356 e. The number of aromatic carboxylic acids is 1. The Morgan fingerprint density at radius 3 is 2.71 bits per heavy atom. The van der Waals surface area contributed by atoms with Gasteiger partial charge in [0.2, 0.25) is 0 Å². The Morgan fingerprint density at radius 1 is 1.33 bits per heavy atom. The van der Waals surface area contributed by atoms with Crippen molar-refractivity contribution in [1.82, 2.24) is 9.78 Å². The number of nitrogens with zero attached hydrogens (tertiary/aromatic N) is 3. The molecular weight excluding hydrogens is 270 g/mol. The molecule has 0 aliphatic carbocycles. The summed E-state index contributed by atoms with van der Waals surface area (Å²) in [6.45, 7) is 1.98. The van der Waals surface area contributed by atoms with Gasteiger partial charge in [-0.05, 0) is 25.0 Å². The van der Waals surface area contributed by atoms with E-state index in [1.165, 1.54) is 10.7 Å². The van der Waals surface area contributed by atoms with Gasteiger partial charge in [-0.25, -0.2) is 4.79 Å². The molecule has 108 valence electrons. The lowest BCUT2D eigenvalue weighted by Gasteiger charge is -2.22. The summed E-state index contributed by atoms with van der Waals surface area (Å²) in [5.41, 5.74) is 2.16. The number of fused-ring (bicyclic) bond motifs is 1. The van der Waals surface area contributed by atoms with Gasteiger partial charge in [-0.2, -0.15) is 5.10 Å². The highest BCUT2D eigenvalue weighted by molar-refractivity contribution is 6.07. The van der Waals surface area contributed by atoms with Gasteiger partial charge in [-0.3, -0.25) is 9.48 Å². The molecule has 1 N–H and O–H groups in total. The summed E-state index contributed by atoms with van der Waals surface area (Å²) in [6.07, 6.45) is 0.797. The largest absolute Gasteiger partial charge is 0.476 e. The minimum atomic E-state index is -1.14. The zero-order valence-corrected chi connectivity index (χ0v) is 11.8. The lowest BCUT2D eigenvalue weighted by molar-refractivity contribution is 0.0689. The highest BCUT2D eigenvalue weighted by Gasteiger charge is 2.33. The molecular formula is C15H15N3O3. The van der Waals surface area contributed by atoms with E-state index in [9.17, 15) is 9.59 Å². The van der Waals surface area contributed by atoms with Gasteiger partial charge in [0.1, 0.15) is 5.69 Å². The first-order valence-electron chi connectivity index (χ1n) is 6.68. The summed E-state index contributed by atoms with van der Waals surface area (Å²) < 4.78 is 1.32. The van der Waals surface area contributed by atoms with Crippen molar-refractivity contribution in [1.29, 1.82) is 0 Å². The number of carboxylic acids is 1. The summed E-state index contributed by atoms with van der Waals surface area (Å²) in [7, 11) is 1.58. The molecule has 0 spiro atoms. The molecule has 0 saturated carbocycles. The van der Waals surface area contributed by atoms with E-state index in [0.717, 1.165) is 17.7 Å². The van der Waals surface area contributed by atoms with Crippen LogP contribution in [-0.4, -0.2) is 32.8 Å². The van der Waals surface area contributed by atoms with Gasteiger partial charge in [0.25, 0.3) is 5.91 Å². The van der Waals surface area contributed by atoms with Gasteiger partial charge in [0, 0.05) is 24.8 Å². The minimum absolute atomic E-state index is 0.0399. The van der Waals surface area contributed by atoms with Gasteiger partial charge in [0.05, 0.1) is 0 Å². The van der Waals surface area contributed by atoms with Crippen LogP contribution in [0.25, 0.3) is 0 Å². The number of benzene rings is 1. The normalized spacial score (nSPS) is 16.9. The lowest BCUT2D eigenvalue weighted by Crippen LogP contribution is -2.36. The SMILES string of the molecule is CC1Cc2ccccc2N1C(=O)c1cc(C(=O)O)nn1C. The fourth-order valence-electron chi connectivity index (χ4n) is 2.77. The molecule has 1 aromatic heterocycles. The zero-order valence-electron chi connectivity index (χ0n) is 11.8. The molecule has 1 atom stereocenters. The number of hydrogen-bond donors (Lipinski definition) is 1. The average molecular weight is 285 g/mol. The van der Waals surface area contributed by atoms with Crippen molar-refractivity contribution in [2.24, 2.45) is 7.05 Å². The number of carbonyl (C=O) groups excluding carboxylic acids is 1. The summed E-state index contributed by atoms with van der Waals surface area (Å²) in [4.78, 5) is 25.4. The van der Waals surface area contributed by atoms with Crippen LogP contribution in [0.3, 0.4) is 0 Å². The number of carboxylic acid groups (broad SMARTS) is 1. The van der Waals surface area contributed by atoms with E-state index in [1.54, 1.807) is 11.9 Å². The van der Waals surface area contributed by atoms with Crippen LogP contribution >= 0.6 is 0 Å². The number of carbonyl (C=O) groups is 2. The summed E-state index contributed by atoms with van der Waals surface area (Å²) in [6, 6.07) is 9.11. The second-order valence-electron chi connectivity index (χ2n) is 5.20. The fourth-order valence-corrected chi connectivity index (χ4v) is 2.77. The van der Waals surface area contributed by atoms with Gasteiger partial charge >= 0.3 is 5.97 Å². The van der Waals surface area contributed by atoms with Crippen molar-refractivity contribution in [2.45, 2.75) is 19.4 Å². The second-order valence-corrected chi connectivity index (χ2v) is 5.20. The molecule has 6 heteroatoms. The maximum Gasteiger partial charge on any atom is 0.356 e. The Hall–Kier alpha value is -2.63. The highest BCUT2D eigenvalue weighted by Crippen LogP contribution is 2.33. The van der Waals surface area contributed by atoms with E-state index in [4.69, 9.17) is 5.11 Å². The van der Waals surface area contributed by atoms with Crippen molar-refractivity contribution in [3.8, 4) is 0 Å². The number of anilines is 1. The molecule has 0 bridgehead atoms. The topological polar surface area (TPSA) is 75.4 Å². The van der Waals surface area contributed by atoms with Crippen molar-refractivity contribution >= 4 is 17.6 Å². The van der Waals surface area contributed by atoms with Crippen LogP contribution in [0.5, 0.6) is 0 Å². The Balaban J connectivity index is 2.01. The molecule has 1 amide bonds. The van der Waals surface area contributed by atoms with Crippen molar-refractivity contribution < 1.29 is 14.7 Å². The molecule has 21 heavy (non-hydrogen) atoms. The predicted molar refractivity (Wildman–Crippen MR) is 76.6 cm³/mol. The third kappa shape index (κ3) is 2.08. The number of hydrogen-bond acceptors (Lipinski definition) is 3. The highest BCUT2D eigenvalue weighted by atomic mass is 16.4. The molecule has 2 aromatic rings. The number of aromatic nitrogens is 2. The first kappa shape index (κ1) is 13.4. The molecule has 1 aliphatic heterocycles. The Kier molecular flexibility index (Phi) is 3.01. The number of aryl methyl sites for hydroxylation is 1. The van der Waals surface area contributed by atoms with E-state index in [0.29, 0.717) is 0 Å². The molecule has 1 aromatic carbocycles. The van der Waals surface area contributed by atoms with Crippen molar-refractivity contribution in [3.05, 3.63) is 47.3 Å². The van der Waals surface area contributed by atoms with Gasteiger partial charge in [-0.1, -0.05) is 18.2 Å². The third-order valence-corrected chi connectivity index (χ3v) is 3.74. The molecule has 1 unspecified atom stereocenters. The first-order chi connectivity index (χ1) is 9.99. The lowest BCUT2D eigenvalue weighted by atomic mass is 10.1. The number of para-hydroxylation sites is 1. The summed E-state index contributed by atoms with van der Waals surface area (Å²) in [5.74, 6) is -1.37. The molecule has 2 heterocycles. The van der Waals surface area contributed by atoms with Gasteiger partial charge < -0.3 is 10.0 Å². The Bertz CT molecular complexity index is 736. The average Bonchev–Trinajstić information content (AvgIpc) is 2.97. The van der Waals surface area contributed by atoms with Crippen LogP contribution in [0.2, 0.25) is 0 Å². The summed E-state index contributed by atoms with van der Waals surface area (Å²) in [5, 5.41) is 12.8. The predicted octanol–water partition coefficient (Wildman–Crippen LogP) is 1.71. The first-order valence-corrected chi connectivity index (χ1v) is 6.68. The third-order valence-electron chi connectivity index (χ3n) is 3.74. The molecule has 1 aliphatic rings. The molecule has 6 nitrogen and oxygen atoms in total. The van der Waals surface area contributed by atoms with Crippen LogP contribution in [0, 0.1) is 0 Å². The van der Waals surface area contributed by atoms with Crippen molar-refractivity contribution in [2.75, 3.05) is 4.90 Å². The van der Waals surface area contributed by atoms with E-state index in [2.05, 4.69) is 5.10 Å². The van der Waals surface area contributed by atoms with E-state index in [-0.39, 0.29) is 23.3 Å². The quantitative estimate of drug-likeness (QED) is 0.911. The standard InChI is InChI=1S/C15H15N3O3/c1-9-7-10-5-3-4-6-12(10)18(9)14(19)13-8-11(15(20)21)16-17(13)2/h3-6,8-9H,7H2,1-2H3,(H,20,21). The molecule has 3 rings (SSSR count). The molecule has 0 radical (unpaired) electrons. The Morgan fingerprint density at radius 2 is 2.05 bits per heavy atom. The summed E-state index contributed by atoms with van der Waals surface area (Å²) >= 11 is 0. The van der Waals surface area contributed by atoms with Crippen LogP contribution < -0.4 is 4.90 Å². The second kappa shape index (κ2) is 4.73.